The van der Waals surface area contributed by atoms with Gasteiger partial charge in [-0.3, -0.25) is 14.4 Å². The van der Waals surface area contributed by atoms with E-state index in [0.29, 0.717) is 39.7 Å². The molecule has 1 heterocycles. The molecule has 7 nitrogen and oxygen atoms in total. The summed E-state index contributed by atoms with van der Waals surface area (Å²) in [5.41, 5.74) is 7.52. The van der Waals surface area contributed by atoms with Crippen LogP contribution in [-0.4, -0.2) is 30.4 Å². The topological polar surface area (TPSA) is 92.9 Å². The van der Waals surface area contributed by atoms with Crippen molar-refractivity contribution in [2.75, 3.05) is 16.4 Å². The lowest BCUT2D eigenvalue weighted by Crippen LogP contribution is -2.47. The van der Waals surface area contributed by atoms with E-state index in [4.69, 9.17) is 22.1 Å². The van der Waals surface area contributed by atoms with E-state index in [1.165, 1.54) is 24.3 Å². The largest absolute Gasteiger partial charge is 0.484 e. The number of hydrogen-bond donors (Lipinski definition) is 1. The highest BCUT2D eigenvalue weighted by atomic mass is 35.5. The third-order valence-corrected chi connectivity index (χ3v) is 6.55. The number of amides is 3. The minimum Gasteiger partial charge on any atom is -0.484 e. The molecule has 37 heavy (non-hydrogen) atoms. The summed E-state index contributed by atoms with van der Waals surface area (Å²) in [6, 6.07) is 16.8. The van der Waals surface area contributed by atoms with Crippen LogP contribution in [0.1, 0.15) is 48.7 Å². The van der Waals surface area contributed by atoms with Gasteiger partial charge in [0.15, 0.2) is 6.61 Å². The summed E-state index contributed by atoms with van der Waals surface area (Å²) < 4.78 is 19.0. The van der Waals surface area contributed by atoms with Crippen LogP contribution in [-0.2, 0) is 9.59 Å². The van der Waals surface area contributed by atoms with Gasteiger partial charge in [0.25, 0.3) is 11.8 Å². The minimum absolute atomic E-state index is 0.104. The molecule has 0 fully saturated rings. The number of nitrogens with two attached hydrogens (primary N) is 1. The number of hydrogen-bond acceptors (Lipinski definition) is 4. The highest BCUT2D eigenvalue weighted by Crippen LogP contribution is 2.44. The molecule has 1 aliphatic heterocycles. The van der Waals surface area contributed by atoms with Crippen molar-refractivity contribution in [1.29, 1.82) is 0 Å². The number of ether oxygens (including phenoxy) is 1. The standard InChI is InChI=1S/C28H27ClFN3O4/c1-3-27(35)33(21-10-6-19(29)7-11-21)25-14-17(2)32(28(36)18-4-8-20(30)9-5-18)24-13-12-22(15-23(24)25)37-16-26(31)34/h4-13,15,17,25H,3,14,16H2,1-2H3,(H2,31,34)/t17?,25-/m0/s1. The third kappa shape index (κ3) is 5.59. The van der Waals surface area contributed by atoms with Crippen LogP contribution in [0.4, 0.5) is 15.8 Å². The highest BCUT2D eigenvalue weighted by Gasteiger charge is 2.39. The Morgan fingerprint density at radius 3 is 2.38 bits per heavy atom. The molecule has 0 bridgehead atoms. The lowest BCUT2D eigenvalue weighted by atomic mass is 9.89. The number of carbonyl (C=O) groups is 3. The van der Waals surface area contributed by atoms with E-state index in [9.17, 15) is 18.8 Å². The lowest BCUT2D eigenvalue weighted by Gasteiger charge is -2.43. The van der Waals surface area contributed by atoms with E-state index in [1.54, 1.807) is 59.2 Å². The Bertz CT molecular complexity index is 1310. The molecule has 2 N–H and O–H groups in total. The summed E-state index contributed by atoms with van der Waals surface area (Å²) in [6.07, 6.45) is 0.687. The number of nitrogens with zero attached hydrogens (tertiary/aromatic N) is 2. The van der Waals surface area contributed by atoms with Crippen molar-refractivity contribution in [2.45, 2.75) is 38.8 Å². The molecular formula is C28H27ClFN3O4. The predicted molar refractivity (Wildman–Crippen MR) is 140 cm³/mol. The van der Waals surface area contributed by atoms with Crippen molar-refractivity contribution in [2.24, 2.45) is 5.73 Å². The molecule has 9 heteroatoms. The molecule has 0 saturated carbocycles. The number of fused-ring (bicyclic) bond motifs is 1. The van der Waals surface area contributed by atoms with Gasteiger partial charge in [-0.1, -0.05) is 18.5 Å². The summed E-state index contributed by atoms with van der Waals surface area (Å²) in [5.74, 6) is -1.08. The van der Waals surface area contributed by atoms with Gasteiger partial charge < -0.3 is 20.3 Å². The Balaban J connectivity index is 1.84. The van der Waals surface area contributed by atoms with Gasteiger partial charge in [-0.2, -0.15) is 0 Å². The van der Waals surface area contributed by atoms with Crippen LogP contribution in [0.3, 0.4) is 0 Å². The first kappa shape index (κ1) is 26.2. The average molecular weight is 524 g/mol. The van der Waals surface area contributed by atoms with Crippen LogP contribution in [0.5, 0.6) is 5.75 Å². The number of benzene rings is 3. The van der Waals surface area contributed by atoms with Crippen molar-refractivity contribution in [1.82, 2.24) is 0 Å². The summed E-state index contributed by atoms with van der Waals surface area (Å²) in [6.45, 7) is 3.38. The molecule has 0 radical (unpaired) electrons. The fraction of sp³-hybridized carbons (Fsp3) is 0.250. The normalized spacial score (nSPS) is 16.6. The van der Waals surface area contributed by atoms with Crippen LogP contribution in [0.15, 0.2) is 66.7 Å². The van der Waals surface area contributed by atoms with Crippen molar-refractivity contribution in [3.05, 3.63) is 88.7 Å². The maximum Gasteiger partial charge on any atom is 0.258 e. The van der Waals surface area contributed by atoms with Crippen LogP contribution in [0.2, 0.25) is 5.02 Å². The van der Waals surface area contributed by atoms with Gasteiger partial charge in [-0.15, -0.1) is 0 Å². The fourth-order valence-electron chi connectivity index (χ4n) is 4.61. The number of carbonyl (C=O) groups excluding carboxylic acids is 3. The zero-order valence-corrected chi connectivity index (χ0v) is 21.2. The van der Waals surface area contributed by atoms with Crippen molar-refractivity contribution in [3.63, 3.8) is 0 Å². The maximum absolute atomic E-state index is 13.6. The van der Waals surface area contributed by atoms with Crippen molar-refractivity contribution >= 4 is 40.7 Å². The highest BCUT2D eigenvalue weighted by molar-refractivity contribution is 6.30. The minimum atomic E-state index is -0.625. The van der Waals surface area contributed by atoms with Crippen LogP contribution >= 0.6 is 11.6 Å². The number of halogens is 2. The first-order chi connectivity index (χ1) is 17.7. The quantitative estimate of drug-likeness (QED) is 0.457. The van der Waals surface area contributed by atoms with Gasteiger partial charge in [0.05, 0.1) is 6.04 Å². The number of rotatable bonds is 7. The van der Waals surface area contributed by atoms with Crippen molar-refractivity contribution < 1.29 is 23.5 Å². The van der Waals surface area contributed by atoms with E-state index in [-0.39, 0.29) is 30.9 Å². The Morgan fingerprint density at radius 1 is 1.08 bits per heavy atom. The second kappa shape index (κ2) is 11.0. The van der Waals surface area contributed by atoms with Gasteiger partial charge >= 0.3 is 0 Å². The summed E-state index contributed by atoms with van der Waals surface area (Å²) >= 11 is 6.10. The Hall–Kier alpha value is -3.91. The Morgan fingerprint density at radius 2 is 1.76 bits per heavy atom. The van der Waals surface area contributed by atoms with Crippen LogP contribution < -0.4 is 20.3 Å². The van der Waals surface area contributed by atoms with E-state index in [0.717, 1.165) is 0 Å². The summed E-state index contributed by atoms with van der Waals surface area (Å²) in [4.78, 5) is 41.5. The molecule has 0 aromatic heterocycles. The summed E-state index contributed by atoms with van der Waals surface area (Å²) in [7, 11) is 0. The molecule has 192 valence electrons. The third-order valence-electron chi connectivity index (χ3n) is 6.30. The molecular weight excluding hydrogens is 497 g/mol. The van der Waals surface area contributed by atoms with E-state index in [1.807, 2.05) is 6.92 Å². The molecule has 3 aromatic carbocycles. The van der Waals surface area contributed by atoms with E-state index in [2.05, 4.69) is 0 Å². The molecule has 0 aliphatic carbocycles. The first-order valence-electron chi connectivity index (χ1n) is 11.9. The van der Waals surface area contributed by atoms with Gasteiger partial charge in [-0.05, 0) is 80.1 Å². The molecule has 1 aliphatic rings. The van der Waals surface area contributed by atoms with Gasteiger partial charge in [-0.25, -0.2) is 4.39 Å². The van der Waals surface area contributed by atoms with Crippen LogP contribution in [0.25, 0.3) is 0 Å². The van der Waals surface area contributed by atoms with Gasteiger partial charge in [0.2, 0.25) is 5.91 Å². The van der Waals surface area contributed by atoms with Gasteiger partial charge in [0.1, 0.15) is 11.6 Å². The SMILES string of the molecule is CCC(=O)N(c1ccc(Cl)cc1)[C@H]1CC(C)N(C(=O)c2ccc(F)cc2)c2ccc(OCC(N)=O)cc21. The second-order valence-corrected chi connectivity index (χ2v) is 9.29. The second-order valence-electron chi connectivity index (χ2n) is 8.85. The smallest absolute Gasteiger partial charge is 0.258 e. The zero-order valence-electron chi connectivity index (χ0n) is 20.5. The fourth-order valence-corrected chi connectivity index (χ4v) is 4.74. The Kier molecular flexibility index (Phi) is 7.78. The number of primary amides is 1. The van der Waals surface area contributed by atoms with Crippen LogP contribution in [0, 0.1) is 5.82 Å². The monoisotopic (exact) mass is 523 g/mol. The lowest BCUT2D eigenvalue weighted by molar-refractivity contribution is -0.120. The van der Waals surface area contributed by atoms with Gasteiger partial charge in [0, 0.05) is 40.0 Å². The summed E-state index contributed by atoms with van der Waals surface area (Å²) in [5, 5.41) is 0.545. The molecule has 0 saturated heterocycles. The molecule has 0 spiro atoms. The molecule has 4 rings (SSSR count). The molecule has 1 unspecified atom stereocenters. The average Bonchev–Trinajstić information content (AvgIpc) is 2.88. The predicted octanol–water partition coefficient (Wildman–Crippen LogP) is 5.27. The first-order valence-corrected chi connectivity index (χ1v) is 12.3. The molecule has 3 aromatic rings. The molecule has 2 atom stereocenters. The molecule has 3 amide bonds. The Labute approximate surface area is 219 Å². The van der Waals surface area contributed by atoms with E-state index >= 15 is 0 Å². The number of anilines is 2. The zero-order chi connectivity index (χ0) is 26.7. The van der Waals surface area contributed by atoms with Crippen molar-refractivity contribution in [3.8, 4) is 5.75 Å². The maximum atomic E-state index is 13.6. The van der Waals surface area contributed by atoms with E-state index < -0.39 is 17.8 Å².